The van der Waals surface area contributed by atoms with E-state index in [0.29, 0.717) is 11.8 Å². The summed E-state index contributed by atoms with van der Waals surface area (Å²) in [6.45, 7) is 5.01. The summed E-state index contributed by atoms with van der Waals surface area (Å²) >= 11 is 3.45. The van der Waals surface area contributed by atoms with Crippen molar-refractivity contribution in [2.75, 3.05) is 13.7 Å². The molecule has 0 fully saturated rings. The van der Waals surface area contributed by atoms with Gasteiger partial charge in [-0.15, -0.1) is 10.2 Å². The molecule has 0 aliphatic carbocycles. The Morgan fingerprint density at radius 3 is 2.75 bits per heavy atom. The van der Waals surface area contributed by atoms with Gasteiger partial charge in [0.2, 0.25) is 11.8 Å². The van der Waals surface area contributed by atoms with E-state index < -0.39 is 0 Å². The number of nitrogens with zero attached hydrogens (tertiary/aromatic N) is 2. The highest BCUT2D eigenvalue weighted by atomic mass is 79.9. The summed E-state index contributed by atoms with van der Waals surface area (Å²) in [6, 6.07) is 5.77. The minimum absolute atomic E-state index is 0.0999. The quantitative estimate of drug-likeness (QED) is 0.871. The van der Waals surface area contributed by atoms with Crippen LogP contribution in [0.2, 0.25) is 0 Å². The van der Waals surface area contributed by atoms with Crippen LogP contribution < -0.4 is 10.1 Å². The first-order valence-electron chi connectivity index (χ1n) is 6.60. The lowest BCUT2D eigenvalue weighted by Crippen LogP contribution is -2.20. The normalized spacial score (nSPS) is 12.4. The highest BCUT2D eigenvalue weighted by Gasteiger charge is 2.17. The van der Waals surface area contributed by atoms with Crippen molar-refractivity contribution >= 4 is 15.9 Å². The molecule has 0 spiro atoms. The summed E-state index contributed by atoms with van der Waals surface area (Å²) in [7, 11) is 1.63. The van der Waals surface area contributed by atoms with Crippen LogP contribution in [0.15, 0.2) is 27.1 Å². The zero-order valence-corrected chi connectivity index (χ0v) is 13.4. The van der Waals surface area contributed by atoms with Crippen molar-refractivity contribution < 1.29 is 9.15 Å². The van der Waals surface area contributed by atoms with Crippen LogP contribution in [0.3, 0.4) is 0 Å². The zero-order valence-electron chi connectivity index (χ0n) is 11.8. The van der Waals surface area contributed by atoms with Crippen molar-refractivity contribution in [3.05, 3.63) is 28.6 Å². The highest BCUT2D eigenvalue weighted by Crippen LogP contribution is 2.30. The number of rotatable bonds is 6. The topological polar surface area (TPSA) is 60.2 Å². The Morgan fingerprint density at radius 1 is 1.35 bits per heavy atom. The number of halogens is 1. The predicted molar refractivity (Wildman–Crippen MR) is 80.7 cm³/mol. The lowest BCUT2D eigenvalue weighted by Gasteiger charge is -2.10. The maximum atomic E-state index is 5.76. The van der Waals surface area contributed by atoms with Crippen molar-refractivity contribution in [2.45, 2.75) is 26.3 Å². The van der Waals surface area contributed by atoms with Gasteiger partial charge in [-0.1, -0.05) is 13.8 Å². The number of hydrogen-bond acceptors (Lipinski definition) is 5. The van der Waals surface area contributed by atoms with E-state index in [2.05, 4.69) is 45.3 Å². The van der Waals surface area contributed by atoms with E-state index in [4.69, 9.17) is 9.15 Å². The van der Waals surface area contributed by atoms with Gasteiger partial charge in [0.25, 0.3) is 0 Å². The molecule has 2 aromatic rings. The van der Waals surface area contributed by atoms with Crippen molar-refractivity contribution in [1.82, 2.24) is 15.5 Å². The molecule has 0 aliphatic rings. The molecular weight excluding hydrogens is 322 g/mol. The molecule has 2 rings (SSSR count). The molecule has 1 unspecified atom stereocenters. The molecule has 5 nitrogen and oxygen atoms in total. The minimum atomic E-state index is 0.0999. The highest BCUT2D eigenvalue weighted by molar-refractivity contribution is 9.10. The molecule has 108 valence electrons. The van der Waals surface area contributed by atoms with Gasteiger partial charge in [0.05, 0.1) is 17.6 Å². The third-order valence-electron chi connectivity index (χ3n) is 3.00. The van der Waals surface area contributed by atoms with Gasteiger partial charge in [0.1, 0.15) is 5.75 Å². The fourth-order valence-electron chi connectivity index (χ4n) is 1.94. The van der Waals surface area contributed by atoms with Crippen LogP contribution in [-0.4, -0.2) is 23.9 Å². The molecule has 20 heavy (non-hydrogen) atoms. The van der Waals surface area contributed by atoms with Crippen LogP contribution in [0.25, 0.3) is 11.5 Å². The number of benzene rings is 1. The molecule has 0 aliphatic heterocycles. The van der Waals surface area contributed by atoms with Gasteiger partial charge in [0.15, 0.2) is 0 Å². The van der Waals surface area contributed by atoms with Crippen LogP contribution >= 0.6 is 15.9 Å². The first-order chi connectivity index (χ1) is 9.69. The Kier molecular flexibility index (Phi) is 5.14. The van der Waals surface area contributed by atoms with Gasteiger partial charge in [-0.3, -0.25) is 0 Å². The van der Waals surface area contributed by atoms with E-state index in [-0.39, 0.29) is 6.04 Å². The van der Waals surface area contributed by atoms with E-state index in [9.17, 15) is 0 Å². The molecule has 0 saturated heterocycles. The summed E-state index contributed by atoms with van der Waals surface area (Å²) in [5, 5.41) is 11.6. The van der Waals surface area contributed by atoms with Crippen LogP contribution in [0.5, 0.6) is 5.75 Å². The monoisotopic (exact) mass is 339 g/mol. The minimum Gasteiger partial charge on any atom is -0.496 e. The summed E-state index contributed by atoms with van der Waals surface area (Å²) in [5.74, 6) is 1.91. The van der Waals surface area contributed by atoms with Crippen molar-refractivity contribution in [1.29, 1.82) is 0 Å². The first kappa shape index (κ1) is 15.0. The number of hydrogen-bond donors (Lipinski definition) is 1. The standard InChI is InChI=1S/C14H18BrN3O2/c1-4-11(16-5-2)14-18-17-13(20-14)9-6-7-12(19-3)10(15)8-9/h6-8,11,16H,4-5H2,1-3H3. The van der Waals surface area contributed by atoms with E-state index in [1.807, 2.05) is 18.2 Å². The number of methoxy groups -OCH3 is 1. The Hall–Kier alpha value is -1.40. The second-order valence-corrected chi connectivity index (χ2v) is 5.17. The molecule has 1 N–H and O–H groups in total. The average molecular weight is 340 g/mol. The van der Waals surface area contributed by atoms with Gasteiger partial charge in [-0.25, -0.2) is 0 Å². The molecular formula is C14H18BrN3O2. The van der Waals surface area contributed by atoms with Gasteiger partial charge >= 0.3 is 0 Å². The first-order valence-corrected chi connectivity index (χ1v) is 7.39. The molecule has 0 radical (unpaired) electrons. The number of aromatic nitrogens is 2. The number of ether oxygens (including phenoxy) is 1. The summed E-state index contributed by atoms with van der Waals surface area (Å²) in [5.41, 5.74) is 0.864. The maximum Gasteiger partial charge on any atom is 0.247 e. The van der Waals surface area contributed by atoms with Gasteiger partial charge in [0, 0.05) is 5.56 Å². The largest absolute Gasteiger partial charge is 0.496 e. The number of nitrogens with one attached hydrogen (secondary N) is 1. The summed E-state index contributed by atoms with van der Waals surface area (Å²) < 4.78 is 11.8. The Labute approximate surface area is 126 Å². The Balaban J connectivity index is 2.26. The van der Waals surface area contributed by atoms with Gasteiger partial charge < -0.3 is 14.5 Å². The molecule has 1 heterocycles. The van der Waals surface area contributed by atoms with Crippen LogP contribution in [0.4, 0.5) is 0 Å². The molecule has 0 amide bonds. The molecule has 0 bridgehead atoms. The Morgan fingerprint density at radius 2 is 2.15 bits per heavy atom. The van der Waals surface area contributed by atoms with Gasteiger partial charge in [-0.2, -0.15) is 0 Å². The van der Waals surface area contributed by atoms with Crippen molar-refractivity contribution in [2.24, 2.45) is 0 Å². The fourth-order valence-corrected chi connectivity index (χ4v) is 2.48. The third-order valence-corrected chi connectivity index (χ3v) is 3.62. The van der Waals surface area contributed by atoms with Crippen LogP contribution in [0, 0.1) is 0 Å². The van der Waals surface area contributed by atoms with Crippen LogP contribution in [0.1, 0.15) is 32.2 Å². The molecule has 6 heteroatoms. The molecule has 0 saturated carbocycles. The fraction of sp³-hybridized carbons (Fsp3) is 0.429. The predicted octanol–water partition coefficient (Wildman–Crippen LogP) is 3.57. The third kappa shape index (κ3) is 3.19. The van der Waals surface area contributed by atoms with E-state index in [0.717, 1.165) is 28.8 Å². The second kappa shape index (κ2) is 6.85. The lowest BCUT2D eigenvalue weighted by molar-refractivity contribution is 0.401. The molecule has 1 aromatic heterocycles. The van der Waals surface area contributed by atoms with E-state index in [1.54, 1.807) is 7.11 Å². The van der Waals surface area contributed by atoms with E-state index >= 15 is 0 Å². The zero-order chi connectivity index (χ0) is 14.5. The molecule has 1 aromatic carbocycles. The molecule has 1 atom stereocenters. The Bertz CT molecular complexity index is 571. The maximum absolute atomic E-state index is 5.76. The van der Waals surface area contributed by atoms with Crippen molar-refractivity contribution in [3.8, 4) is 17.2 Å². The average Bonchev–Trinajstić information content (AvgIpc) is 2.94. The smallest absolute Gasteiger partial charge is 0.247 e. The summed E-state index contributed by atoms with van der Waals surface area (Å²) in [6.07, 6.45) is 0.905. The van der Waals surface area contributed by atoms with Crippen molar-refractivity contribution in [3.63, 3.8) is 0 Å². The second-order valence-electron chi connectivity index (χ2n) is 4.31. The van der Waals surface area contributed by atoms with Crippen LogP contribution in [-0.2, 0) is 0 Å². The van der Waals surface area contributed by atoms with E-state index in [1.165, 1.54) is 0 Å². The lowest BCUT2D eigenvalue weighted by atomic mass is 10.2. The summed E-state index contributed by atoms with van der Waals surface area (Å²) in [4.78, 5) is 0. The van der Waals surface area contributed by atoms with Gasteiger partial charge in [-0.05, 0) is 47.1 Å². The SMILES string of the molecule is CCNC(CC)c1nnc(-c2ccc(OC)c(Br)c2)o1.